The molecule has 0 saturated heterocycles. The van der Waals surface area contributed by atoms with Crippen LogP contribution in [0.3, 0.4) is 0 Å². The summed E-state index contributed by atoms with van der Waals surface area (Å²) in [5.41, 5.74) is 0.464. The van der Waals surface area contributed by atoms with Crippen LogP contribution >= 0.6 is 0 Å². The van der Waals surface area contributed by atoms with Gasteiger partial charge in [0.25, 0.3) is 0 Å². The molecule has 0 unspecified atom stereocenters. The molecule has 104 valence electrons. The van der Waals surface area contributed by atoms with Crippen LogP contribution in [0.5, 0.6) is 0 Å². The van der Waals surface area contributed by atoms with Crippen molar-refractivity contribution in [2.75, 3.05) is 17.1 Å². The number of nitrogens with zero attached hydrogens (tertiary/aromatic N) is 1. The molecule has 0 bridgehead atoms. The number of benzene rings is 1. The van der Waals surface area contributed by atoms with E-state index in [0.717, 1.165) is 10.6 Å². The third-order valence-corrected chi connectivity index (χ3v) is 3.76. The number of hydrogen-bond acceptors (Lipinski definition) is 3. The van der Waals surface area contributed by atoms with E-state index in [1.807, 2.05) is 0 Å². The molecule has 6 heteroatoms. The lowest BCUT2D eigenvalue weighted by molar-refractivity contribution is -0.121. The van der Waals surface area contributed by atoms with Crippen LogP contribution in [0, 0.1) is 0 Å². The lowest BCUT2D eigenvalue weighted by atomic mass is 10.2. The van der Waals surface area contributed by atoms with Gasteiger partial charge in [-0.05, 0) is 19.1 Å². The maximum atomic E-state index is 11.9. The van der Waals surface area contributed by atoms with Crippen LogP contribution in [0.15, 0.2) is 43.0 Å². The molecule has 0 aliphatic carbocycles. The van der Waals surface area contributed by atoms with Crippen LogP contribution in [0.1, 0.15) is 6.92 Å². The van der Waals surface area contributed by atoms with E-state index in [-0.39, 0.29) is 5.91 Å². The number of carbonyl (C=O) groups is 1. The standard InChI is InChI=1S/C13H18N2O3S/c1-4-10-14-13(16)11(2)15(19(3,17)18)12-8-6-5-7-9-12/h4-9,11H,1,10H2,2-3H3,(H,14,16)/t11-/m1/s1. The van der Waals surface area contributed by atoms with Gasteiger partial charge in [-0.3, -0.25) is 9.10 Å². The molecule has 0 fully saturated rings. The summed E-state index contributed by atoms with van der Waals surface area (Å²) in [4.78, 5) is 11.9. The number of hydrogen-bond donors (Lipinski definition) is 1. The fourth-order valence-corrected chi connectivity index (χ4v) is 2.88. The Labute approximate surface area is 114 Å². The number of nitrogens with one attached hydrogen (secondary N) is 1. The topological polar surface area (TPSA) is 66.5 Å². The van der Waals surface area contributed by atoms with Crippen molar-refractivity contribution < 1.29 is 13.2 Å². The molecule has 0 saturated carbocycles. The summed E-state index contributed by atoms with van der Waals surface area (Å²) in [6.45, 7) is 5.35. The minimum Gasteiger partial charge on any atom is -0.351 e. The average Bonchev–Trinajstić information content (AvgIpc) is 2.35. The zero-order chi connectivity index (χ0) is 14.5. The average molecular weight is 282 g/mol. The molecular formula is C13H18N2O3S. The summed E-state index contributed by atoms with van der Waals surface area (Å²) in [6, 6.07) is 7.71. The normalized spacial score (nSPS) is 12.5. The predicted molar refractivity (Wildman–Crippen MR) is 76.4 cm³/mol. The first-order valence-corrected chi connectivity index (χ1v) is 7.66. The van der Waals surface area contributed by atoms with Gasteiger partial charge in [-0.15, -0.1) is 6.58 Å². The van der Waals surface area contributed by atoms with Crippen molar-refractivity contribution in [2.24, 2.45) is 0 Å². The highest BCUT2D eigenvalue weighted by molar-refractivity contribution is 7.92. The Morgan fingerprint density at radius 2 is 2.00 bits per heavy atom. The van der Waals surface area contributed by atoms with Crippen molar-refractivity contribution in [1.29, 1.82) is 0 Å². The van der Waals surface area contributed by atoms with Crippen molar-refractivity contribution in [3.05, 3.63) is 43.0 Å². The van der Waals surface area contributed by atoms with Crippen LogP contribution in [-0.2, 0) is 14.8 Å². The molecule has 0 aliphatic heterocycles. The minimum atomic E-state index is -3.54. The molecule has 0 heterocycles. The fourth-order valence-electron chi connectivity index (χ4n) is 1.70. The van der Waals surface area contributed by atoms with E-state index in [0.29, 0.717) is 12.2 Å². The monoisotopic (exact) mass is 282 g/mol. The quantitative estimate of drug-likeness (QED) is 0.796. The molecule has 1 atom stereocenters. The Balaban J connectivity index is 3.06. The Hall–Kier alpha value is -1.82. The van der Waals surface area contributed by atoms with Crippen molar-refractivity contribution in [1.82, 2.24) is 5.32 Å². The van der Waals surface area contributed by atoms with Crippen LogP contribution in [-0.4, -0.2) is 33.2 Å². The lowest BCUT2D eigenvalue weighted by Crippen LogP contribution is -2.47. The Bertz CT molecular complexity index is 540. The summed E-state index contributed by atoms with van der Waals surface area (Å²) in [7, 11) is -3.54. The second-order valence-electron chi connectivity index (χ2n) is 4.10. The van der Waals surface area contributed by atoms with Crippen LogP contribution in [0.25, 0.3) is 0 Å². The number of anilines is 1. The molecule has 0 radical (unpaired) electrons. The molecule has 1 amide bonds. The second-order valence-corrected chi connectivity index (χ2v) is 5.96. The highest BCUT2D eigenvalue weighted by atomic mass is 32.2. The van der Waals surface area contributed by atoms with Gasteiger partial charge < -0.3 is 5.32 Å². The molecule has 1 aromatic rings. The Kier molecular flexibility index (Phi) is 5.11. The molecule has 1 aromatic carbocycles. The number of rotatable bonds is 6. The van der Waals surface area contributed by atoms with Crippen molar-refractivity contribution >= 4 is 21.6 Å². The summed E-state index contributed by atoms with van der Waals surface area (Å²) in [6.07, 6.45) is 2.62. The number of amides is 1. The van der Waals surface area contributed by atoms with Crippen LogP contribution in [0.2, 0.25) is 0 Å². The van der Waals surface area contributed by atoms with Gasteiger partial charge in [0.2, 0.25) is 15.9 Å². The second kappa shape index (κ2) is 6.38. The van der Waals surface area contributed by atoms with E-state index in [4.69, 9.17) is 0 Å². The van der Waals surface area contributed by atoms with E-state index in [1.54, 1.807) is 37.3 Å². The summed E-state index contributed by atoms with van der Waals surface area (Å²) in [5.74, 6) is -0.367. The number of sulfonamides is 1. The molecule has 1 N–H and O–H groups in total. The van der Waals surface area contributed by atoms with Gasteiger partial charge >= 0.3 is 0 Å². The zero-order valence-electron chi connectivity index (χ0n) is 11.0. The van der Waals surface area contributed by atoms with Crippen LogP contribution in [0.4, 0.5) is 5.69 Å². The summed E-state index contributed by atoms with van der Waals surface area (Å²) < 4.78 is 24.9. The Morgan fingerprint density at radius 3 is 2.47 bits per heavy atom. The first-order valence-electron chi connectivity index (χ1n) is 5.81. The van der Waals surface area contributed by atoms with Crippen molar-refractivity contribution in [3.8, 4) is 0 Å². The highest BCUT2D eigenvalue weighted by Crippen LogP contribution is 2.19. The minimum absolute atomic E-state index is 0.301. The van der Waals surface area contributed by atoms with E-state index in [9.17, 15) is 13.2 Å². The highest BCUT2D eigenvalue weighted by Gasteiger charge is 2.28. The van der Waals surface area contributed by atoms with Crippen LogP contribution < -0.4 is 9.62 Å². The van der Waals surface area contributed by atoms with E-state index in [2.05, 4.69) is 11.9 Å². The fraction of sp³-hybridized carbons (Fsp3) is 0.308. The van der Waals surface area contributed by atoms with Crippen molar-refractivity contribution in [2.45, 2.75) is 13.0 Å². The third-order valence-electron chi connectivity index (χ3n) is 2.52. The van der Waals surface area contributed by atoms with Gasteiger partial charge in [0.15, 0.2) is 0 Å². The first-order chi connectivity index (χ1) is 8.88. The number of carbonyl (C=O) groups excluding carboxylic acids is 1. The smallest absolute Gasteiger partial charge is 0.243 e. The van der Waals surface area contributed by atoms with Gasteiger partial charge in [-0.25, -0.2) is 8.42 Å². The summed E-state index contributed by atoms with van der Waals surface area (Å²) >= 11 is 0. The largest absolute Gasteiger partial charge is 0.351 e. The molecule has 0 aromatic heterocycles. The molecule has 1 rings (SSSR count). The maximum Gasteiger partial charge on any atom is 0.243 e. The van der Waals surface area contributed by atoms with E-state index >= 15 is 0 Å². The molecule has 5 nitrogen and oxygen atoms in total. The lowest BCUT2D eigenvalue weighted by Gasteiger charge is -2.28. The summed E-state index contributed by atoms with van der Waals surface area (Å²) in [5, 5.41) is 2.59. The number of para-hydroxylation sites is 1. The van der Waals surface area contributed by atoms with Crippen molar-refractivity contribution in [3.63, 3.8) is 0 Å². The van der Waals surface area contributed by atoms with E-state index in [1.165, 1.54) is 6.08 Å². The molecule has 19 heavy (non-hydrogen) atoms. The zero-order valence-corrected chi connectivity index (χ0v) is 11.9. The SMILES string of the molecule is C=CCNC(=O)[C@@H](C)N(c1ccccc1)S(C)(=O)=O. The molecule has 0 spiro atoms. The Morgan fingerprint density at radius 1 is 1.42 bits per heavy atom. The molecule has 0 aliphatic rings. The van der Waals surface area contributed by atoms with E-state index < -0.39 is 16.1 Å². The maximum absolute atomic E-state index is 11.9. The van der Waals surface area contributed by atoms with Gasteiger partial charge in [-0.1, -0.05) is 24.3 Å². The predicted octanol–water partition coefficient (Wildman–Crippen LogP) is 1.14. The van der Waals surface area contributed by atoms with Gasteiger partial charge in [-0.2, -0.15) is 0 Å². The van der Waals surface area contributed by atoms with Gasteiger partial charge in [0, 0.05) is 6.54 Å². The first kappa shape index (κ1) is 15.2. The van der Waals surface area contributed by atoms with Gasteiger partial charge in [0.1, 0.15) is 6.04 Å². The third kappa shape index (κ3) is 4.10. The molecular weight excluding hydrogens is 264 g/mol. The van der Waals surface area contributed by atoms with Gasteiger partial charge in [0.05, 0.1) is 11.9 Å².